The first-order chi connectivity index (χ1) is 8.72. The minimum Gasteiger partial charge on any atom is -0.484 e. The summed E-state index contributed by atoms with van der Waals surface area (Å²) < 4.78 is 19.1. The standard InChI is InChI=1S/C14H14FNOS/c1-16-8-13(12-5-6-18-14(12)9-16)17-11-4-2-3-10(15)7-11/h2-7,13H,8-9H2,1H3. The van der Waals surface area contributed by atoms with Crippen LogP contribution in [0.5, 0.6) is 5.75 Å². The van der Waals surface area contributed by atoms with Gasteiger partial charge in [-0.05, 0) is 30.6 Å². The summed E-state index contributed by atoms with van der Waals surface area (Å²) in [7, 11) is 2.07. The molecule has 0 N–H and O–H groups in total. The zero-order chi connectivity index (χ0) is 12.5. The maximum absolute atomic E-state index is 13.1. The highest BCUT2D eigenvalue weighted by atomic mass is 32.1. The van der Waals surface area contributed by atoms with Crippen LogP contribution < -0.4 is 4.74 Å². The summed E-state index contributed by atoms with van der Waals surface area (Å²) in [6.45, 7) is 1.80. The first-order valence-electron chi connectivity index (χ1n) is 5.89. The van der Waals surface area contributed by atoms with Gasteiger partial charge in [-0.1, -0.05) is 6.07 Å². The van der Waals surface area contributed by atoms with Gasteiger partial charge >= 0.3 is 0 Å². The van der Waals surface area contributed by atoms with Gasteiger partial charge in [-0.15, -0.1) is 11.3 Å². The van der Waals surface area contributed by atoms with Gasteiger partial charge in [0.05, 0.1) is 0 Å². The van der Waals surface area contributed by atoms with Crippen LogP contribution in [0.1, 0.15) is 16.5 Å². The Hall–Kier alpha value is -1.39. The Bertz CT molecular complexity index is 554. The van der Waals surface area contributed by atoms with Gasteiger partial charge in [0, 0.05) is 29.6 Å². The first-order valence-corrected chi connectivity index (χ1v) is 6.77. The van der Waals surface area contributed by atoms with Crippen molar-refractivity contribution in [1.82, 2.24) is 4.90 Å². The molecule has 0 saturated carbocycles. The predicted molar refractivity (Wildman–Crippen MR) is 70.4 cm³/mol. The van der Waals surface area contributed by atoms with Crippen LogP contribution in [-0.4, -0.2) is 18.5 Å². The van der Waals surface area contributed by atoms with Gasteiger partial charge in [-0.3, -0.25) is 4.90 Å². The van der Waals surface area contributed by atoms with E-state index >= 15 is 0 Å². The van der Waals surface area contributed by atoms with Crippen molar-refractivity contribution in [2.75, 3.05) is 13.6 Å². The number of hydrogen-bond donors (Lipinski definition) is 0. The summed E-state index contributed by atoms with van der Waals surface area (Å²) in [5.74, 6) is 0.328. The maximum atomic E-state index is 13.1. The predicted octanol–water partition coefficient (Wildman–Crippen LogP) is 3.45. The summed E-state index contributed by atoms with van der Waals surface area (Å²) in [6, 6.07) is 8.43. The summed E-state index contributed by atoms with van der Waals surface area (Å²) in [5.41, 5.74) is 1.24. The van der Waals surface area contributed by atoms with Gasteiger partial charge in [-0.2, -0.15) is 0 Å². The van der Waals surface area contributed by atoms with Gasteiger partial charge in [0.15, 0.2) is 0 Å². The highest BCUT2D eigenvalue weighted by Gasteiger charge is 2.25. The zero-order valence-corrected chi connectivity index (χ0v) is 10.9. The minimum absolute atomic E-state index is 0.00759. The molecule has 2 aromatic rings. The molecular formula is C14H14FNOS. The van der Waals surface area contributed by atoms with E-state index in [1.54, 1.807) is 23.5 Å². The molecule has 0 aliphatic carbocycles. The van der Waals surface area contributed by atoms with Gasteiger partial charge in [0.25, 0.3) is 0 Å². The van der Waals surface area contributed by atoms with Crippen LogP contribution in [0.15, 0.2) is 35.7 Å². The Kier molecular flexibility index (Phi) is 3.06. The van der Waals surface area contributed by atoms with Crippen LogP contribution in [0.4, 0.5) is 4.39 Å². The van der Waals surface area contributed by atoms with Crippen LogP contribution in [0, 0.1) is 5.82 Å². The molecule has 1 aromatic carbocycles. The van der Waals surface area contributed by atoms with Crippen LogP contribution >= 0.6 is 11.3 Å². The van der Waals surface area contributed by atoms with Crippen molar-refractivity contribution >= 4 is 11.3 Å². The van der Waals surface area contributed by atoms with Gasteiger partial charge in [0.2, 0.25) is 0 Å². The van der Waals surface area contributed by atoms with Crippen LogP contribution in [-0.2, 0) is 6.54 Å². The van der Waals surface area contributed by atoms with E-state index in [1.165, 1.54) is 22.6 Å². The van der Waals surface area contributed by atoms with E-state index in [-0.39, 0.29) is 11.9 Å². The highest BCUT2D eigenvalue weighted by Crippen LogP contribution is 2.33. The Morgan fingerprint density at radius 2 is 2.28 bits per heavy atom. The Morgan fingerprint density at radius 1 is 1.39 bits per heavy atom. The summed E-state index contributed by atoms with van der Waals surface area (Å²) in [4.78, 5) is 3.56. The largest absolute Gasteiger partial charge is 0.484 e. The maximum Gasteiger partial charge on any atom is 0.137 e. The fraction of sp³-hybridized carbons (Fsp3) is 0.286. The van der Waals surface area contributed by atoms with E-state index in [4.69, 9.17) is 4.74 Å². The van der Waals surface area contributed by atoms with E-state index in [1.807, 2.05) is 0 Å². The molecule has 0 bridgehead atoms. The van der Waals surface area contributed by atoms with E-state index in [9.17, 15) is 4.39 Å². The van der Waals surface area contributed by atoms with E-state index in [0.717, 1.165) is 13.1 Å². The van der Waals surface area contributed by atoms with Crippen molar-refractivity contribution in [1.29, 1.82) is 0 Å². The molecule has 94 valence electrons. The molecule has 0 amide bonds. The van der Waals surface area contributed by atoms with E-state index < -0.39 is 0 Å². The molecule has 1 aliphatic heterocycles. The summed E-state index contributed by atoms with van der Waals surface area (Å²) >= 11 is 1.75. The smallest absolute Gasteiger partial charge is 0.137 e. The first kappa shape index (κ1) is 11.7. The van der Waals surface area contributed by atoms with Crippen molar-refractivity contribution in [3.05, 3.63) is 52.0 Å². The molecule has 1 atom stereocenters. The lowest BCUT2D eigenvalue weighted by molar-refractivity contribution is 0.130. The quantitative estimate of drug-likeness (QED) is 0.823. The average molecular weight is 263 g/mol. The SMILES string of the molecule is CN1Cc2sccc2C(Oc2cccc(F)c2)C1. The lowest BCUT2D eigenvalue weighted by atomic mass is 10.1. The molecule has 1 aliphatic rings. The molecule has 1 unspecified atom stereocenters. The Balaban J connectivity index is 1.86. The lowest BCUT2D eigenvalue weighted by Gasteiger charge is -2.30. The molecular weight excluding hydrogens is 249 g/mol. The van der Waals surface area contributed by atoms with Crippen LogP contribution in [0.25, 0.3) is 0 Å². The van der Waals surface area contributed by atoms with Crippen molar-refractivity contribution in [2.24, 2.45) is 0 Å². The number of halogens is 1. The zero-order valence-electron chi connectivity index (χ0n) is 10.1. The second-order valence-electron chi connectivity index (χ2n) is 4.56. The van der Waals surface area contributed by atoms with Crippen molar-refractivity contribution in [2.45, 2.75) is 12.6 Å². The number of hydrogen-bond acceptors (Lipinski definition) is 3. The molecule has 18 heavy (non-hydrogen) atoms. The molecule has 0 spiro atoms. The Labute approximate surface area is 110 Å². The van der Waals surface area contributed by atoms with Crippen LogP contribution in [0.3, 0.4) is 0 Å². The molecule has 0 saturated heterocycles. The van der Waals surface area contributed by atoms with Crippen LogP contribution in [0.2, 0.25) is 0 Å². The third kappa shape index (κ3) is 2.26. The number of nitrogens with zero attached hydrogens (tertiary/aromatic N) is 1. The second kappa shape index (κ2) is 4.71. The number of rotatable bonds is 2. The number of ether oxygens (including phenoxy) is 1. The average Bonchev–Trinajstić information content (AvgIpc) is 2.77. The lowest BCUT2D eigenvalue weighted by Crippen LogP contribution is -2.31. The third-order valence-electron chi connectivity index (χ3n) is 3.09. The number of likely N-dealkylation sites (N-methyl/N-ethyl adjacent to an activating group) is 1. The topological polar surface area (TPSA) is 12.5 Å². The van der Waals surface area contributed by atoms with Crippen molar-refractivity contribution in [3.63, 3.8) is 0 Å². The Morgan fingerprint density at radius 3 is 3.11 bits per heavy atom. The molecule has 4 heteroatoms. The molecule has 3 rings (SSSR count). The van der Waals surface area contributed by atoms with Gasteiger partial charge in [-0.25, -0.2) is 4.39 Å². The van der Waals surface area contributed by atoms with Gasteiger partial charge in [0.1, 0.15) is 17.7 Å². The van der Waals surface area contributed by atoms with Crippen molar-refractivity contribution in [3.8, 4) is 5.75 Å². The fourth-order valence-electron chi connectivity index (χ4n) is 2.26. The number of thiophene rings is 1. The summed E-state index contributed by atoms with van der Waals surface area (Å²) in [6.07, 6.45) is -0.00759. The molecule has 1 aromatic heterocycles. The van der Waals surface area contributed by atoms with E-state index in [0.29, 0.717) is 5.75 Å². The monoisotopic (exact) mass is 263 g/mol. The van der Waals surface area contributed by atoms with Gasteiger partial charge < -0.3 is 4.74 Å². The summed E-state index contributed by atoms with van der Waals surface area (Å²) in [5, 5.41) is 2.09. The third-order valence-corrected chi connectivity index (χ3v) is 4.01. The number of fused-ring (bicyclic) bond motifs is 1. The number of benzene rings is 1. The van der Waals surface area contributed by atoms with E-state index in [2.05, 4.69) is 23.4 Å². The molecule has 0 radical (unpaired) electrons. The molecule has 2 heterocycles. The van der Waals surface area contributed by atoms with Crippen molar-refractivity contribution < 1.29 is 9.13 Å². The normalized spacial score (nSPS) is 19.6. The fourth-order valence-corrected chi connectivity index (χ4v) is 3.27. The molecule has 2 nitrogen and oxygen atoms in total. The highest BCUT2D eigenvalue weighted by molar-refractivity contribution is 7.10. The minimum atomic E-state index is -0.262. The molecule has 0 fully saturated rings. The second-order valence-corrected chi connectivity index (χ2v) is 5.56.